The third kappa shape index (κ3) is 7.60. The number of rotatable bonds is 13. The predicted octanol–water partition coefficient (Wildman–Crippen LogP) is 4.56. The molecule has 3 aromatic carbocycles. The van der Waals surface area contributed by atoms with Crippen molar-refractivity contribution >= 4 is 23.9 Å². The van der Waals surface area contributed by atoms with E-state index in [0.717, 1.165) is 27.8 Å². The maximum Gasteiger partial charge on any atom is 0.407 e. The van der Waals surface area contributed by atoms with Gasteiger partial charge in [-0.2, -0.15) is 0 Å². The molecular formula is C32H32N2O7. The predicted molar refractivity (Wildman–Crippen MR) is 152 cm³/mol. The topological polar surface area (TPSA) is 131 Å². The van der Waals surface area contributed by atoms with Gasteiger partial charge in [-0.15, -0.1) is 6.58 Å². The van der Waals surface area contributed by atoms with Crippen LogP contribution in [0, 0.1) is 0 Å². The Labute approximate surface area is 238 Å². The summed E-state index contributed by atoms with van der Waals surface area (Å²) in [6.45, 7) is 3.56. The number of hydrogen-bond acceptors (Lipinski definition) is 6. The van der Waals surface area contributed by atoms with Gasteiger partial charge in [0.2, 0.25) is 5.91 Å². The van der Waals surface area contributed by atoms with Gasteiger partial charge in [0, 0.05) is 5.92 Å². The third-order valence-electron chi connectivity index (χ3n) is 6.84. The van der Waals surface area contributed by atoms with Gasteiger partial charge in [0.1, 0.15) is 25.3 Å². The molecule has 0 saturated heterocycles. The molecule has 0 fully saturated rings. The number of nitrogens with one attached hydrogen (secondary N) is 2. The molecular weight excluding hydrogens is 524 g/mol. The Morgan fingerprint density at radius 1 is 0.829 bits per heavy atom. The number of amides is 2. The van der Waals surface area contributed by atoms with Crippen LogP contribution in [0.4, 0.5) is 4.79 Å². The molecule has 41 heavy (non-hydrogen) atoms. The van der Waals surface area contributed by atoms with Crippen molar-refractivity contribution in [2.45, 2.75) is 43.9 Å². The van der Waals surface area contributed by atoms with Crippen LogP contribution in [-0.2, 0) is 30.5 Å². The molecule has 4 rings (SSSR count). The number of esters is 1. The number of ether oxygens (including phenoxy) is 2. The van der Waals surface area contributed by atoms with E-state index in [9.17, 15) is 24.3 Å². The second kappa shape index (κ2) is 13.9. The maximum atomic E-state index is 13.1. The number of benzene rings is 3. The fraction of sp³-hybridized carbons (Fsp3) is 0.250. The van der Waals surface area contributed by atoms with Gasteiger partial charge in [-0.3, -0.25) is 9.59 Å². The molecule has 2 amide bonds. The molecule has 0 heterocycles. The average molecular weight is 557 g/mol. The molecule has 1 aliphatic rings. The minimum Gasteiger partial charge on any atom is -0.480 e. The molecule has 3 N–H and O–H groups in total. The van der Waals surface area contributed by atoms with Gasteiger partial charge in [0.15, 0.2) is 0 Å². The van der Waals surface area contributed by atoms with Gasteiger partial charge in [0.25, 0.3) is 0 Å². The lowest BCUT2D eigenvalue weighted by molar-refractivity contribution is -0.147. The molecule has 9 nitrogen and oxygen atoms in total. The van der Waals surface area contributed by atoms with Crippen molar-refractivity contribution in [3.05, 3.63) is 108 Å². The van der Waals surface area contributed by atoms with Gasteiger partial charge >= 0.3 is 18.0 Å². The lowest BCUT2D eigenvalue weighted by Crippen LogP contribution is -2.52. The smallest absolute Gasteiger partial charge is 0.407 e. The number of carboxylic acid groups (broad SMARTS) is 1. The van der Waals surface area contributed by atoms with Crippen LogP contribution >= 0.6 is 0 Å². The molecule has 9 heteroatoms. The summed E-state index contributed by atoms with van der Waals surface area (Å²) in [5.74, 6) is -3.03. The molecule has 0 aromatic heterocycles. The van der Waals surface area contributed by atoms with Crippen molar-refractivity contribution in [1.82, 2.24) is 10.6 Å². The Kier molecular flexibility index (Phi) is 9.88. The Morgan fingerprint density at radius 2 is 1.44 bits per heavy atom. The van der Waals surface area contributed by atoms with E-state index in [2.05, 4.69) is 17.2 Å². The third-order valence-corrected chi connectivity index (χ3v) is 6.84. The molecule has 2 atom stereocenters. The summed E-state index contributed by atoms with van der Waals surface area (Å²) in [5, 5.41) is 14.3. The van der Waals surface area contributed by atoms with Crippen LogP contribution in [0.3, 0.4) is 0 Å². The Balaban J connectivity index is 1.43. The Bertz CT molecular complexity index is 1360. The summed E-state index contributed by atoms with van der Waals surface area (Å²) in [6, 6.07) is 22.1. The number of allylic oxidation sites excluding steroid dienone is 1. The molecule has 0 radical (unpaired) electrons. The van der Waals surface area contributed by atoms with E-state index in [1.165, 1.54) is 6.08 Å². The number of carbonyl (C=O) groups is 4. The zero-order valence-electron chi connectivity index (χ0n) is 22.5. The summed E-state index contributed by atoms with van der Waals surface area (Å²) in [5.41, 5.74) is 4.92. The fourth-order valence-corrected chi connectivity index (χ4v) is 4.77. The van der Waals surface area contributed by atoms with Gasteiger partial charge in [0.05, 0.1) is 6.42 Å². The maximum absolute atomic E-state index is 13.1. The molecule has 3 aromatic rings. The first-order chi connectivity index (χ1) is 19.9. The molecule has 0 bridgehead atoms. The minimum atomic E-state index is -1.42. The molecule has 1 unspecified atom stereocenters. The first-order valence-corrected chi connectivity index (χ1v) is 13.3. The highest BCUT2D eigenvalue weighted by Crippen LogP contribution is 2.44. The first-order valence-electron chi connectivity index (χ1n) is 13.3. The lowest BCUT2D eigenvalue weighted by Gasteiger charge is -2.21. The van der Waals surface area contributed by atoms with Gasteiger partial charge in [-0.05, 0) is 40.7 Å². The summed E-state index contributed by atoms with van der Waals surface area (Å²) in [4.78, 5) is 50.3. The summed E-state index contributed by atoms with van der Waals surface area (Å²) in [7, 11) is 0. The zero-order chi connectivity index (χ0) is 29.2. The minimum absolute atomic E-state index is 0.00371. The van der Waals surface area contributed by atoms with Crippen molar-refractivity contribution in [3.63, 3.8) is 0 Å². The monoisotopic (exact) mass is 556 g/mol. The number of fused-ring (bicyclic) bond motifs is 3. The Hall–Kier alpha value is -4.92. The highest BCUT2D eigenvalue weighted by atomic mass is 16.5. The molecule has 0 aliphatic heterocycles. The van der Waals surface area contributed by atoms with Crippen LogP contribution in [0.2, 0.25) is 0 Å². The standard InChI is InChI=1S/C32H32N2O7/c1-2-3-17-27(31(37)38)33-30(36)28(18-29(35)40-19-21-11-5-4-6-12-21)34-32(39)41-20-26-24-15-9-7-13-22(24)23-14-8-10-16-25(23)26/h2,4-16,26-28H,1,3,17-20H2,(H,33,36)(H,34,39)(H,37,38)/t27?,28-/m0/s1. The van der Waals surface area contributed by atoms with Crippen LogP contribution in [0.5, 0.6) is 0 Å². The quantitative estimate of drug-likeness (QED) is 0.208. The summed E-state index contributed by atoms with van der Waals surface area (Å²) in [6.07, 6.45) is 0.550. The summed E-state index contributed by atoms with van der Waals surface area (Å²) >= 11 is 0. The van der Waals surface area contributed by atoms with E-state index in [-0.39, 0.29) is 25.6 Å². The fourth-order valence-electron chi connectivity index (χ4n) is 4.77. The van der Waals surface area contributed by atoms with Crippen LogP contribution < -0.4 is 10.6 Å². The van der Waals surface area contributed by atoms with Crippen molar-refractivity contribution in [3.8, 4) is 11.1 Å². The largest absolute Gasteiger partial charge is 0.480 e. The highest BCUT2D eigenvalue weighted by Gasteiger charge is 2.31. The first kappa shape index (κ1) is 29.1. The van der Waals surface area contributed by atoms with E-state index in [4.69, 9.17) is 9.47 Å². The van der Waals surface area contributed by atoms with E-state index in [0.29, 0.717) is 6.42 Å². The van der Waals surface area contributed by atoms with Gasteiger partial charge < -0.3 is 25.2 Å². The molecule has 0 saturated carbocycles. The van der Waals surface area contributed by atoms with Crippen molar-refractivity contribution < 1.29 is 33.8 Å². The molecule has 212 valence electrons. The van der Waals surface area contributed by atoms with E-state index in [1.54, 1.807) is 24.3 Å². The van der Waals surface area contributed by atoms with Gasteiger partial charge in [-0.1, -0.05) is 84.9 Å². The number of hydrogen-bond donors (Lipinski definition) is 3. The van der Waals surface area contributed by atoms with Gasteiger partial charge in [-0.25, -0.2) is 9.59 Å². The van der Waals surface area contributed by atoms with Crippen LogP contribution in [0.25, 0.3) is 11.1 Å². The number of carbonyl (C=O) groups excluding carboxylic acids is 3. The van der Waals surface area contributed by atoms with Crippen molar-refractivity contribution in [2.75, 3.05) is 6.61 Å². The van der Waals surface area contributed by atoms with Crippen LogP contribution in [-0.4, -0.2) is 47.7 Å². The number of alkyl carbamates (subject to hydrolysis) is 1. The normalized spacial score (nSPS) is 13.2. The van der Waals surface area contributed by atoms with E-state index in [1.807, 2.05) is 54.6 Å². The highest BCUT2D eigenvalue weighted by molar-refractivity contribution is 5.92. The van der Waals surface area contributed by atoms with Crippen LogP contribution in [0.1, 0.15) is 41.9 Å². The zero-order valence-corrected chi connectivity index (χ0v) is 22.5. The van der Waals surface area contributed by atoms with Crippen molar-refractivity contribution in [1.29, 1.82) is 0 Å². The van der Waals surface area contributed by atoms with E-state index < -0.39 is 42.4 Å². The van der Waals surface area contributed by atoms with E-state index >= 15 is 0 Å². The van der Waals surface area contributed by atoms with Crippen LogP contribution in [0.15, 0.2) is 91.5 Å². The average Bonchev–Trinajstić information content (AvgIpc) is 3.30. The number of aliphatic carboxylic acids is 1. The molecule has 0 spiro atoms. The lowest BCUT2D eigenvalue weighted by atomic mass is 9.98. The number of carboxylic acids is 1. The molecule has 1 aliphatic carbocycles. The van der Waals surface area contributed by atoms with Crippen molar-refractivity contribution in [2.24, 2.45) is 0 Å². The Morgan fingerprint density at radius 3 is 2.05 bits per heavy atom. The SMILES string of the molecule is C=CCCC(NC(=O)[C@H](CC(=O)OCc1ccccc1)NC(=O)OCC1c2ccccc2-c2ccccc21)C(=O)O. The second-order valence-electron chi connectivity index (χ2n) is 9.64. The summed E-state index contributed by atoms with van der Waals surface area (Å²) < 4.78 is 10.8. The second-order valence-corrected chi connectivity index (χ2v) is 9.64.